The van der Waals surface area contributed by atoms with Gasteiger partial charge in [0.1, 0.15) is 5.01 Å². The molecule has 1 heterocycles. The summed E-state index contributed by atoms with van der Waals surface area (Å²) in [6.45, 7) is 8.36. The summed E-state index contributed by atoms with van der Waals surface area (Å²) in [6, 6.07) is 3.84. The van der Waals surface area contributed by atoms with Crippen molar-refractivity contribution in [2.45, 2.75) is 34.1 Å². The van der Waals surface area contributed by atoms with Crippen molar-refractivity contribution in [3.8, 4) is 10.6 Å². The lowest BCUT2D eigenvalue weighted by Crippen LogP contribution is -2.22. The third-order valence-corrected chi connectivity index (χ3v) is 5.15. The van der Waals surface area contributed by atoms with Gasteiger partial charge in [-0.05, 0) is 37.8 Å². The van der Waals surface area contributed by atoms with Gasteiger partial charge in [0.15, 0.2) is 0 Å². The highest BCUT2D eigenvalue weighted by Gasteiger charge is 2.19. The highest BCUT2D eigenvalue weighted by atomic mass is 32.1. The van der Waals surface area contributed by atoms with Crippen molar-refractivity contribution in [3.05, 3.63) is 34.8 Å². The van der Waals surface area contributed by atoms with Crippen LogP contribution in [-0.4, -0.2) is 35.6 Å². The maximum atomic E-state index is 12.6. The monoisotopic (exact) mass is 343 g/mol. The largest absolute Gasteiger partial charge is 0.345 e. The van der Waals surface area contributed by atoms with E-state index in [1.54, 1.807) is 36.5 Å². The minimum absolute atomic E-state index is 0.0282. The van der Waals surface area contributed by atoms with Gasteiger partial charge in [-0.15, -0.1) is 11.3 Å². The molecule has 0 saturated carbocycles. The number of amides is 1. The molecule has 128 valence electrons. The molecule has 1 aromatic carbocycles. The maximum absolute atomic E-state index is 12.6. The van der Waals surface area contributed by atoms with E-state index in [0.29, 0.717) is 11.5 Å². The van der Waals surface area contributed by atoms with Gasteiger partial charge in [-0.2, -0.15) is 0 Å². The number of aliphatic imine (C=N–C) groups is 1. The molecule has 0 N–H and O–H groups in total. The smallest absolute Gasteiger partial charge is 0.255 e. The van der Waals surface area contributed by atoms with Crippen LogP contribution in [0.3, 0.4) is 0 Å². The number of benzene rings is 1. The van der Waals surface area contributed by atoms with Crippen LogP contribution >= 0.6 is 11.3 Å². The first-order chi connectivity index (χ1) is 11.4. The van der Waals surface area contributed by atoms with E-state index in [1.807, 2.05) is 31.4 Å². The number of carbonyl (C=O) groups is 1. The van der Waals surface area contributed by atoms with Crippen LogP contribution in [0.1, 0.15) is 43.1 Å². The molecule has 4 nitrogen and oxygen atoms in total. The molecule has 0 bridgehead atoms. The van der Waals surface area contributed by atoms with Crippen LogP contribution in [0.5, 0.6) is 0 Å². The van der Waals surface area contributed by atoms with Crippen LogP contribution in [0, 0.1) is 12.8 Å². The Hall–Kier alpha value is -2.01. The third-order valence-electron chi connectivity index (χ3n) is 4.34. The average Bonchev–Trinajstić information content (AvgIpc) is 3.09. The van der Waals surface area contributed by atoms with E-state index in [0.717, 1.165) is 34.0 Å². The quantitative estimate of drug-likeness (QED) is 0.720. The van der Waals surface area contributed by atoms with Gasteiger partial charge in [0.25, 0.3) is 5.91 Å². The van der Waals surface area contributed by atoms with Crippen LogP contribution in [0.2, 0.25) is 0 Å². The van der Waals surface area contributed by atoms with Crippen LogP contribution in [0.25, 0.3) is 10.6 Å². The molecule has 1 unspecified atom stereocenters. The Morgan fingerprint density at radius 1 is 1.38 bits per heavy atom. The van der Waals surface area contributed by atoms with Crippen LogP contribution in [0.15, 0.2) is 28.7 Å². The van der Waals surface area contributed by atoms with Crippen LogP contribution in [0.4, 0.5) is 5.69 Å². The summed E-state index contributed by atoms with van der Waals surface area (Å²) in [4.78, 5) is 23.4. The highest BCUT2D eigenvalue weighted by Crippen LogP contribution is 2.35. The van der Waals surface area contributed by atoms with E-state index in [4.69, 9.17) is 4.99 Å². The molecule has 1 atom stereocenters. The van der Waals surface area contributed by atoms with Crippen molar-refractivity contribution in [2.75, 3.05) is 14.1 Å². The standard InChI is InChI=1S/C19H25N3OS/c1-7-12(2)14(4)21-17-13(3)15(18-20-10-11-24-18)8-9-16(17)19(23)22(5)6/h8-12H,7H2,1-6H3/b21-14-. The molecule has 0 radical (unpaired) electrons. The zero-order chi connectivity index (χ0) is 17.9. The Balaban J connectivity index is 2.66. The minimum Gasteiger partial charge on any atom is -0.345 e. The fraction of sp³-hybridized carbons (Fsp3) is 0.421. The number of thiazole rings is 1. The predicted molar refractivity (Wildman–Crippen MR) is 103 cm³/mol. The average molecular weight is 343 g/mol. The molecule has 1 aromatic heterocycles. The lowest BCUT2D eigenvalue weighted by molar-refractivity contribution is 0.0828. The number of rotatable bonds is 5. The van der Waals surface area contributed by atoms with Gasteiger partial charge in [0.05, 0.1) is 11.3 Å². The van der Waals surface area contributed by atoms with E-state index < -0.39 is 0 Å². The molecular formula is C19H25N3OS. The second kappa shape index (κ2) is 7.71. The first-order valence-electron chi connectivity index (χ1n) is 8.17. The summed E-state index contributed by atoms with van der Waals surface area (Å²) in [5.74, 6) is 0.356. The van der Waals surface area contributed by atoms with Gasteiger partial charge in [-0.3, -0.25) is 9.79 Å². The van der Waals surface area contributed by atoms with Gasteiger partial charge in [0, 0.05) is 36.9 Å². The summed E-state index contributed by atoms with van der Waals surface area (Å²) in [5, 5.41) is 2.91. The molecule has 0 aliphatic carbocycles. The first-order valence-corrected chi connectivity index (χ1v) is 9.05. The molecule has 0 fully saturated rings. The lowest BCUT2D eigenvalue weighted by atomic mass is 9.99. The number of hydrogen-bond acceptors (Lipinski definition) is 4. The number of aromatic nitrogens is 1. The van der Waals surface area contributed by atoms with Crippen molar-refractivity contribution < 1.29 is 4.79 Å². The molecule has 24 heavy (non-hydrogen) atoms. The third kappa shape index (κ3) is 3.73. The number of nitrogens with zero attached hydrogens (tertiary/aromatic N) is 3. The molecular weight excluding hydrogens is 318 g/mol. The Morgan fingerprint density at radius 3 is 2.62 bits per heavy atom. The minimum atomic E-state index is -0.0282. The normalized spacial score (nSPS) is 13.0. The summed E-state index contributed by atoms with van der Waals surface area (Å²) in [6.07, 6.45) is 2.82. The Morgan fingerprint density at radius 2 is 2.08 bits per heavy atom. The van der Waals surface area contributed by atoms with Crippen LogP contribution < -0.4 is 0 Å². The Kier molecular flexibility index (Phi) is 5.89. The molecule has 0 spiro atoms. The second-order valence-electron chi connectivity index (χ2n) is 6.23. The topological polar surface area (TPSA) is 45.6 Å². The van der Waals surface area contributed by atoms with Gasteiger partial charge < -0.3 is 4.90 Å². The van der Waals surface area contributed by atoms with E-state index in [-0.39, 0.29) is 5.91 Å². The SMILES string of the molecule is CCC(C)/C(C)=N\c1c(C(=O)N(C)C)ccc(-c2nccs2)c1C. The summed E-state index contributed by atoms with van der Waals surface area (Å²) in [5.41, 5.74) is 4.49. The zero-order valence-electron chi connectivity index (χ0n) is 15.3. The zero-order valence-corrected chi connectivity index (χ0v) is 16.1. The van der Waals surface area contributed by atoms with Gasteiger partial charge in [0.2, 0.25) is 0 Å². The van der Waals surface area contributed by atoms with Crippen molar-refractivity contribution in [1.29, 1.82) is 0 Å². The fourth-order valence-corrected chi connectivity index (χ4v) is 3.15. The number of carbonyl (C=O) groups excluding carboxylic acids is 1. The Bertz CT molecular complexity index is 748. The molecule has 2 rings (SSSR count). The number of hydrogen-bond donors (Lipinski definition) is 0. The highest BCUT2D eigenvalue weighted by molar-refractivity contribution is 7.13. The predicted octanol–water partition coefficient (Wildman–Crippen LogP) is 4.96. The Labute approximate surface area is 148 Å². The first kappa shape index (κ1) is 18.3. The lowest BCUT2D eigenvalue weighted by Gasteiger charge is -2.17. The molecule has 0 saturated heterocycles. The fourth-order valence-electron chi connectivity index (χ4n) is 2.43. The van der Waals surface area contributed by atoms with Crippen molar-refractivity contribution in [3.63, 3.8) is 0 Å². The summed E-state index contributed by atoms with van der Waals surface area (Å²) >= 11 is 1.59. The van der Waals surface area contributed by atoms with Gasteiger partial charge in [-0.25, -0.2) is 4.98 Å². The van der Waals surface area contributed by atoms with Gasteiger partial charge >= 0.3 is 0 Å². The van der Waals surface area contributed by atoms with E-state index >= 15 is 0 Å². The second-order valence-corrected chi connectivity index (χ2v) is 7.13. The molecule has 0 aliphatic rings. The van der Waals surface area contributed by atoms with Gasteiger partial charge in [-0.1, -0.05) is 19.9 Å². The molecule has 1 amide bonds. The maximum Gasteiger partial charge on any atom is 0.255 e. The van der Waals surface area contributed by atoms with E-state index in [2.05, 4.69) is 18.8 Å². The van der Waals surface area contributed by atoms with E-state index in [9.17, 15) is 4.79 Å². The summed E-state index contributed by atoms with van der Waals surface area (Å²) < 4.78 is 0. The molecule has 2 aromatic rings. The van der Waals surface area contributed by atoms with Crippen molar-refractivity contribution in [1.82, 2.24) is 9.88 Å². The summed E-state index contributed by atoms with van der Waals surface area (Å²) in [7, 11) is 3.53. The molecule has 5 heteroatoms. The molecule has 0 aliphatic heterocycles. The van der Waals surface area contributed by atoms with Crippen molar-refractivity contribution >= 4 is 28.6 Å². The van der Waals surface area contributed by atoms with E-state index in [1.165, 1.54) is 0 Å². The van der Waals surface area contributed by atoms with Crippen molar-refractivity contribution in [2.24, 2.45) is 10.9 Å². The van der Waals surface area contributed by atoms with Crippen LogP contribution in [-0.2, 0) is 0 Å².